The van der Waals surface area contributed by atoms with Gasteiger partial charge in [0.05, 0.1) is 11.5 Å². The Morgan fingerprint density at radius 3 is 3.11 bits per heavy atom. The van der Waals surface area contributed by atoms with Gasteiger partial charge >= 0.3 is 0 Å². The Labute approximate surface area is 107 Å². The van der Waals surface area contributed by atoms with E-state index in [1.807, 2.05) is 18.3 Å². The second-order valence-electron chi connectivity index (χ2n) is 5.04. The number of rotatable bonds is 2. The van der Waals surface area contributed by atoms with Gasteiger partial charge in [0.2, 0.25) is 0 Å². The lowest BCUT2D eigenvalue weighted by Gasteiger charge is -2.37. The molecule has 2 saturated heterocycles. The third-order valence-corrected chi connectivity index (χ3v) is 5.42. The largest absolute Gasteiger partial charge is 0.310 e. The molecule has 2 aliphatic heterocycles. The molecule has 0 aromatic carbocycles. The lowest BCUT2D eigenvalue weighted by Crippen LogP contribution is -2.56. The first-order valence-electron chi connectivity index (χ1n) is 6.21. The minimum atomic E-state index is -2.87. The van der Waals surface area contributed by atoms with Crippen LogP contribution < -0.4 is 5.32 Å². The summed E-state index contributed by atoms with van der Waals surface area (Å²) in [6.45, 7) is 2.54. The molecule has 2 atom stereocenters. The van der Waals surface area contributed by atoms with Gasteiger partial charge in [0, 0.05) is 44.1 Å². The molecular formula is C12H17N3O2S. The van der Waals surface area contributed by atoms with Crippen molar-refractivity contribution in [2.45, 2.75) is 18.6 Å². The Hall–Kier alpha value is -0.980. The van der Waals surface area contributed by atoms with Gasteiger partial charge < -0.3 is 5.32 Å². The van der Waals surface area contributed by atoms with Crippen LogP contribution in [0.4, 0.5) is 0 Å². The van der Waals surface area contributed by atoms with Gasteiger partial charge in [0.1, 0.15) is 0 Å². The van der Waals surface area contributed by atoms with E-state index in [0.717, 1.165) is 25.2 Å². The number of nitrogens with zero attached hydrogens (tertiary/aromatic N) is 2. The number of piperazine rings is 1. The molecule has 1 N–H and O–H groups in total. The quantitative estimate of drug-likeness (QED) is 0.794. The molecule has 3 rings (SSSR count). The second kappa shape index (κ2) is 4.60. The first kappa shape index (κ1) is 12.1. The number of nitrogens with one attached hydrogen (secondary N) is 1. The molecule has 0 aliphatic carbocycles. The molecule has 98 valence electrons. The van der Waals surface area contributed by atoms with Crippen LogP contribution in [0.2, 0.25) is 0 Å². The number of hydrogen-bond donors (Lipinski definition) is 1. The highest BCUT2D eigenvalue weighted by molar-refractivity contribution is 7.91. The van der Waals surface area contributed by atoms with Gasteiger partial charge in [-0.2, -0.15) is 0 Å². The van der Waals surface area contributed by atoms with Crippen molar-refractivity contribution < 1.29 is 8.42 Å². The summed E-state index contributed by atoms with van der Waals surface area (Å²) in [7, 11) is -2.87. The van der Waals surface area contributed by atoms with E-state index in [1.165, 1.54) is 0 Å². The molecule has 0 radical (unpaired) electrons. The summed E-state index contributed by atoms with van der Waals surface area (Å²) in [4.78, 5) is 6.37. The van der Waals surface area contributed by atoms with Crippen LogP contribution in [0.15, 0.2) is 24.5 Å². The van der Waals surface area contributed by atoms with Crippen molar-refractivity contribution in [2.24, 2.45) is 0 Å². The number of sulfone groups is 1. The van der Waals surface area contributed by atoms with E-state index in [9.17, 15) is 8.42 Å². The lowest BCUT2D eigenvalue weighted by atomic mass is 10.1. The minimum Gasteiger partial charge on any atom is -0.310 e. The number of aromatic nitrogens is 1. The first-order chi connectivity index (χ1) is 8.64. The lowest BCUT2D eigenvalue weighted by molar-refractivity contribution is 0.141. The second-order valence-corrected chi connectivity index (χ2v) is 7.19. The van der Waals surface area contributed by atoms with Gasteiger partial charge in [-0.15, -0.1) is 0 Å². The third kappa shape index (κ3) is 2.41. The zero-order valence-electron chi connectivity index (χ0n) is 10.1. The fourth-order valence-electron chi connectivity index (χ4n) is 2.87. The Balaban J connectivity index is 1.76. The van der Waals surface area contributed by atoms with E-state index in [2.05, 4.69) is 15.2 Å². The van der Waals surface area contributed by atoms with E-state index in [-0.39, 0.29) is 23.6 Å². The molecule has 0 amide bonds. The molecule has 5 nitrogen and oxygen atoms in total. The predicted molar refractivity (Wildman–Crippen MR) is 68.9 cm³/mol. The van der Waals surface area contributed by atoms with Gasteiger partial charge in [-0.1, -0.05) is 6.07 Å². The van der Waals surface area contributed by atoms with Crippen molar-refractivity contribution in [3.05, 3.63) is 30.1 Å². The SMILES string of the molecule is O=S1(=O)CC2NCCN(Cc3cccnc3)C2C1. The van der Waals surface area contributed by atoms with Crippen molar-refractivity contribution in [2.75, 3.05) is 24.6 Å². The van der Waals surface area contributed by atoms with Gasteiger partial charge in [0.25, 0.3) is 0 Å². The van der Waals surface area contributed by atoms with Crippen molar-refractivity contribution in [3.63, 3.8) is 0 Å². The highest BCUT2D eigenvalue weighted by Crippen LogP contribution is 2.22. The van der Waals surface area contributed by atoms with Gasteiger partial charge in [-0.05, 0) is 11.6 Å². The van der Waals surface area contributed by atoms with Crippen LogP contribution in [-0.4, -0.2) is 55.0 Å². The number of hydrogen-bond acceptors (Lipinski definition) is 5. The Morgan fingerprint density at radius 1 is 1.44 bits per heavy atom. The van der Waals surface area contributed by atoms with Crippen LogP contribution in [0.3, 0.4) is 0 Å². The van der Waals surface area contributed by atoms with Gasteiger partial charge in [-0.25, -0.2) is 8.42 Å². The maximum atomic E-state index is 11.7. The molecule has 2 fully saturated rings. The number of pyridine rings is 1. The van der Waals surface area contributed by atoms with Crippen LogP contribution in [0.1, 0.15) is 5.56 Å². The topological polar surface area (TPSA) is 62.3 Å². The van der Waals surface area contributed by atoms with Crippen molar-refractivity contribution >= 4 is 9.84 Å². The molecule has 0 saturated carbocycles. The first-order valence-corrected chi connectivity index (χ1v) is 8.03. The van der Waals surface area contributed by atoms with Gasteiger partial charge in [0.15, 0.2) is 9.84 Å². The molecule has 1 aromatic rings. The minimum absolute atomic E-state index is 0.0976. The molecule has 2 aliphatic rings. The van der Waals surface area contributed by atoms with Crippen molar-refractivity contribution in [1.82, 2.24) is 15.2 Å². The molecule has 3 heterocycles. The van der Waals surface area contributed by atoms with E-state index in [1.54, 1.807) is 6.20 Å². The normalized spacial score (nSPS) is 31.1. The van der Waals surface area contributed by atoms with Crippen LogP contribution in [-0.2, 0) is 16.4 Å². The average molecular weight is 267 g/mol. The average Bonchev–Trinajstić information content (AvgIpc) is 2.66. The maximum Gasteiger partial charge on any atom is 0.153 e. The predicted octanol–water partition coefficient (Wildman–Crippen LogP) is -0.348. The molecule has 0 spiro atoms. The molecular weight excluding hydrogens is 250 g/mol. The van der Waals surface area contributed by atoms with Crippen LogP contribution in [0.5, 0.6) is 0 Å². The van der Waals surface area contributed by atoms with Crippen LogP contribution in [0, 0.1) is 0 Å². The number of fused-ring (bicyclic) bond motifs is 1. The molecule has 18 heavy (non-hydrogen) atoms. The Morgan fingerprint density at radius 2 is 2.33 bits per heavy atom. The highest BCUT2D eigenvalue weighted by Gasteiger charge is 2.42. The summed E-state index contributed by atoms with van der Waals surface area (Å²) in [6.07, 6.45) is 3.60. The highest BCUT2D eigenvalue weighted by atomic mass is 32.2. The van der Waals surface area contributed by atoms with Crippen molar-refractivity contribution in [3.8, 4) is 0 Å². The summed E-state index contributed by atoms with van der Waals surface area (Å²) >= 11 is 0. The standard InChI is InChI=1S/C12H17N3O2S/c16-18(17)8-11-12(9-18)15(5-4-14-11)7-10-2-1-3-13-6-10/h1-3,6,11-12,14H,4-5,7-9H2. The smallest absolute Gasteiger partial charge is 0.153 e. The Bertz CT molecular complexity index is 517. The monoisotopic (exact) mass is 267 g/mol. The van der Waals surface area contributed by atoms with E-state index >= 15 is 0 Å². The zero-order valence-corrected chi connectivity index (χ0v) is 10.9. The van der Waals surface area contributed by atoms with E-state index in [4.69, 9.17) is 0 Å². The molecule has 1 aromatic heterocycles. The van der Waals surface area contributed by atoms with Gasteiger partial charge in [-0.3, -0.25) is 9.88 Å². The molecule has 2 unspecified atom stereocenters. The fourth-order valence-corrected chi connectivity index (χ4v) is 4.85. The molecule has 0 bridgehead atoms. The van der Waals surface area contributed by atoms with E-state index < -0.39 is 9.84 Å². The summed E-state index contributed by atoms with van der Waals surface area (Å²) in [6, 6.07) is 4.16. The summed E-state index contributed by atoms with van der Waals surface area (Å²) in [5.41, 5.74) is 1.14. The fraction of sp³-hybridized carbons (Fsp3) is 0.583. The summed E-state index contributed by atoms with van der Waals surface area (Å²) < 4.78 is 23.4. The van der Waals surface area contributed by atoms with E-state index in [0.29, 0.717) is 0 Å². The van der Waals surface area contributed by atoms with Crippen molar-refractivity contribution in [1.29, 1.82) is 0 Å². The zero-order chi connectivity index (χ0) is 12.6. The van der Waals surface area contributed by atoms with Crippen LogP contribution in [0.25, 0.3) is 0 Å². The summed E-state index contributed by atoms with van der Waals surface area (Å²) in [5, 5.41) is 3.32. The third-order valence-electron chi connectivity index (χ3n) is 3.71. The Kier molecular flexibility index (Phi) is 3.09. The molecule has 6 heteroatoms. The summed E-state index contributed by atoms with van der Waals surface area (Å²) in [5.74, 6) is 0.562. The van der Waals surface area contributed by atoms with Crippen LogP contribution >= 0.6 is 0 Å². The maximum absolute atomic E-state index is 11.7.